The van der Waals surface area contributed by atoms with Crippen molar-refractivity contribution in [2.45, 2.75) is 19.1 Å². The topological polar surface area (TPSA) is 79.3 Å². The molecule has 0 saturated heterocycles. The summed E-state index contributed by atoms with van der Waals surface area (Å²) < 4.78 is 27.1. The Morgan fingerprint density at radius 2 is 1.85 bits per heavy atom. The second-order valence-electron chi connectivity index (χ2n) is 6.00. The SMILES string of the molecule is Cc1ccccc1CS(=O)(=O)NCCc1nc(-c2ccc(O)cc2)cs1. The van der Waals surface area contributed by atoms with Crippen molar-refractivity contribution < 1.29 is 13.5 Å². The lowest BCUT2D eigenvalue weighted by Crippen LogP contribution is -2.27. The number of phenols is 1. The third-order valence-electron chi connectivity index (χ3n) is 3.98. The van der Waals surface area contributed by atoms with Gasteiger partial charge in [0, 0.05) is 23.9 Å². The van der Waals surface area contributed by atoms with Crippen LogP contribution in [0.15, 0.2) is 53.9 Å². The fourth-order valence-corrected chi connectivity index (χ4v) is 4.59. The average Bonchev–Trinajstić information content (AvgIpc) is 3.06. The van der Waals surface area contributed by atoms with Gasteiger partial charge in [-0.05, 0) is 42.3 Å². The largest absolute Gasteiger partial charge is 0.508 e. The van der Waals surface area contributed by atoms with Gasteiger partial charge in [-0.25, -0.2) is 18.1 Å². The summed E-state index contributed by atoms with van der Waals surface area (Å²) in [5.74, 6) is 0.197. The van der Waals surface area contributed by atoms with Crippen molar-refractivity contribution in [3.63, 3.8) is 0 Å². The molecule has 0 aliphatic carbocycles. The fraction of sp³-hybridized carbons (Fsp3) is 0.211. The predicted molar refractivity (Wildman–Crippen MR) is 105 cm³/mol. The Kier molecular flexibility index (Phi) is 5.70. The first-order chi connectivity index (χ1) is 12.4. The van der Waals surface area contributed by atoms with E-state index >= 15 is 0 Å². The molecule has 1 heterocycles. The minimum Gasteiger partial charge on any atom is -0.508 e. The lowest BCUT2D eigenvalue weighted by molar-refractivity contribution is 0.475. The van der Waals surface area contributed by atoms with Crippen molar-refractivity contribution in [3.8, 4) is 17.0 Å². The molecule has 1 aromatic heterocycles. The maximum atomic E-state index is 12.2. The number of benzene rings is 2. The van der Waals surface area contributed by atoms with Crippen LogP contribution in [0, 0.1) is 6.92 Å². The van der Waals surface area contributed by atoms with Crippen molar-refractivity contribution in [3.05, 3.63) is 70.0 Å². The van der Waals surface area contributed by atoms with E-state index in [1.165, 1.54) is 11.3 Å². The fourth-order valence-electron chi connectivity index (χ4n) is 2.53. The zero-order chi connectivity index (χ0) is 18.6. The van der Waals surface area contributed by atoms with Gasteiger partial charge in [-0.15, -0.1) is 11.3 Å². The number of aromatic nitrogens is 1. The Morgan fingerprint density at radius 1 is 1.12 bits per heavy atom. The molecule has 0 bridgehead atoms. The Bertz CT molecular complexity index is 980. The molecule has 0 atom stereocenters. The number of sulfonamides is 1. The highest BCUT2D eigenvalue weighted by Gasteiger charge is 2.13. The van der Waals surface area contributed by atoms with E-state index in [-0.39, 0.29) is 11.5 Å². The summed E-state index contributed by atoms with van der Waals surface area (Å²) in [7, 11) is -3.38. The molecular formula is C19H20N2O3S2. The van der Waals surface area contributed by atoms with E-state index in [1.807, 2.05) is 36.6 Å². The number of rotatable bonds is 7. The van der Waals surface area contributed by atoms with E-state index in [0.717, 1.165) is 27.4 Å². The molecule has 5 nitrogen and oxygen atoms in total. The van der Waals surface area contributed by atoms with Crippen LogP contribution in [0.1, 0.15) is 16.1 Å². The van der Waals surface area contributed by atoms with E-state index in [4.69, 9.17) is 0 Å². The summed E-state index contributed by atoms with van der Waals surface area (Å²) >= 11 is 1.50. The number of nitrogens with zero attached hydrogens (tertiary/aromatic N) is 1. The number of hydrogen-bond donors (Lipinski definition) is 2. The number of hydrogen-bond acceptors (Lipinski definition) is 5. The van der Waals surface area contributed by atoms with Crippen LogP contribution in [0.3, 0.4) is 0 Å². The molecule has 7 heteroatoms. The molecule has 0 radical (unpaired) electrons. The van der Waals surface area contributed by atoms with Crippen molar-refractivity contribution in [2.24, 2.45) is 0 Å². The summed E-state index contributed by atoms with van der Waals surface area (Å²) in [4.78, 5) is 4.53. The molecule has 136 valence electrons. The van der Waals surface area contributed by atoms with Crippen LogP contribution in [0.25, 0.3) is 11.3 Å². The van der Waals surface area contributed by atoms with Gasteiger partial charge >= 0.3 is 0 Å². The van der Waals surface area contributed by atoms with Crippen LogP contribution < -0.4 is 4.72 Å². The highest BCUT2D eigenvalue weighted by atomic mass is 32.2. The van der Waals surface area contributed by atoms with Crippen molar-refractivity contribution in [1.29, 1.82) is 0 Å². The molecule has 3 rings (SSSR count). The molecule has 0 aliphatic heterocycles. The molecular weight excluding hydrogens is 368 g/mol. The predicted octanol–water partition coefficient (Wildman–Crippen LogP) is 3.49. The van der Waals surface area contributed by atoms with Crippen molar-refractivity contribution in [2.75, 3.05) is 6.54 Å². The second-order valence-corrected chi connectivity index (χ2v) is 8.75. The Morgan fingerprint density at radius 3 is 2.58 bits per heavy atom. The first kappa shape index (κ1) is 18.6. The zero-order valence-corrected chi connectivity index (χ0v) is 16.0. The third-order valence-corrected chi connectivity index (χ3v) is 6.23. The summed E-state index contributed by atoms with van der Waals surface area (Å²) in [6, 6.07) is 14.3. The number of nitrogens with one attached hydrogen (secondary N) is 1. The summed E-state index contributed by atoms with van der Waals surface area (Å²) in [6.45, 7) is 2.22. The normalized spacial score (nSPS) is 11.6. The Hall–Kier alpha value is -2.22. The van der Waals surface area contributed by atoms with E-state index in [1.54, 1.807) is 24.3 Å². The molecule has 0 spiro atoms. The molecule has 0 aliphatic rings. The van der Waals surface area contributed by atoms with Crippen LogP contribution in [0.4, 0.5) is 0 Å². The smallest absolute Gasteiger partial charge is 0.215 e. The van der Waals surface area contributed by atoms with Gasteiger partial charge < -0.3 is 5.11 Å². The first-order valence-corrected chi connectivity index (χ1v) is 10.7. The van der Waals surface area contributed by atoms with Crippen LogP contribution in [-0.2, 0) is 22.2 Å². The first-order valence-electron chi connectivity index (χ1n) is 8.18. The maximum Gasteiger partial charge on any atom is 0.215 e. The third kappa shape index (κ3) is 4.91. The van der Waals surface area contributed by atoms with Crippen molar-refractivity contribution >= 4 is 21.4 Å². The molecule has 26 heavy (non-hydrogen) atoms. The van der Waals surface area contributed by atoms with Gasteiger partial charge in [-0.3, -0.25) is 0 Å². The van der Waals surface area contributed by atoms with Gasteiger partial charge in [0.25, 0.3) is 0 Å². The van der Waals surface area contributed by atoms with Gasteiger partial charge in [-0.1, -0.05) is 24.3 Å². The molecule has 3 aromatic rings. The summed E-state index contributed by atoms with van der Waals surface area (Å²) in [5, 5.41) is 12.1. The molecule has 0 unspecified atom stereocenters. The highest BCUT2D eigenvalue weighted by Crippen LogP contribution is 2.23. The van der Waals surface area contributed by atoms with E-state index in [2.05, 4.69) is 9.71 Å². The number of phenolic OH excluding ortho intramolecular Hbond substituents is 1. The molecule has 2 N–H and O–H groups in total. The van der Waals surface area contributed by atoms with E-state index < -0.39 is 10.0 Å². The van der Waals surface area contributed by atoms with Gasteiger partial charge in [0.15, 0.2) is 0 Å². The second kappa shape index (κ2) is 7.99. The van der Waals surface area contributed by atoms with E-state index in [9.17, 15) is 13.5 Å². The minimum absolute atomic E-state index is 0.0176. The monoisotopic (exact) mass is 388 g/mol. The van der Waals surface area contributed by atoms with Gasteiger partial charge in [-0.2, -0.15) is 0 Å². The average molecular weight is 389 g/mol. The molecule has 2 aromatic carbocycles. The summed E-state index contributed by atoms with van der Waals surface area (Å²) in [5.41, 5.74) is 3.53. The zero-order valence-electron chi connectivity index (χ0n) is 14.3. The number of aryl methyl sites for hydroxylation is 1. The van der Waals surface area contributed by atoms with Crippen LogP contribution >= 0.6 is 11.3 Å². The minimum atomic E-state index is -3.38. The maximum absolute atomic E-state index is 12.2. The Balaban J connectivity index is 1.56. The quantitative estimate of drug-likeness (QED) is 0.649. The van der Waals surface area contributed by atoms with Gasteiger partial charge in [0.05, 0.1) is 16.5 Å². The lowest BCUT2D eigenvalue weighted by Gasteiger charge is -2.08. The van der Waals surface area contributed by atoms with Gasteiger partial charge in [0.1, 0.15) is 5.75 Å². The molecule has 0 fully saturated rings. The molecule has 0 amide bonds. The van der Waals surface area contributed by atoms with Crippen LogP contribution in [0.5, 0.6) is 5.75 Å². The van der Waals surface area contributed by atoms with Crippen LogP contribution in [-0.4, -0.2) is 25.1 Å². The molecule has 0 saturated carbocycles. The van der Waals surface area contributed by atoms with Crippen molar-refractivity contribution in [1.82, 2.24) is 9.71 Å². The van der Waals surface area contributed by atoms with Gasteiger partial charge in [0.2, 0.25) is 10.0 Å². The number of thiazole rings is 1. The highest BCUT2D eigenvalue weighted by molar-refractivity contribution is 7.88. The van der Waals surface area contributed by atoms with Crippen LogP contribution in [0.2, 0.25) is 0 Å². The number of aromatic hydroxyl groups is 1. The lowest BCUT2D eigenvalue weighted by atomic mass is 10.1. The summed E-state index contributed by atoms with van der Waals surface area (Å²) in [6.07, 6.45) is 0.537. The standard InChI is InChI=1S/C19H20N2O3S2/c1-14-4-2-3-5-16(14)13-26(23,24)20-11-10-19-21-18(12-25-19)15-6-8-17(22)9-7-15/h2-9,12,20,22H,10-11,13H2,1H3. The Labute approximate surface area is 157 Å². The van der Waals surface area contributed by atoms with E-state index in [0.29, 0.717) is 13.0 Å².